The van der Waals surface area contributed by atoms with Gasteiger partial charge in [-0.3, -0.25) is 4.79 Å². The van der Waals surface area contributed by atoms with Crippen LogP contribution in [0.1, 0.15) is 25.7 Å². The molecule has 2 aromatic rings. The Morgan fingerprint density at radius 3 is 2.79 bits per heavy atom. The van der Waals surface area contributed by atoms with Crippen LogP contribution in [0, 0.1) is 11.3 Å². The molecule has 1 aromatic carbocycles. The van der Waals surface area contributed by atoms with Crippen LogP contribution in [-0.2, 0) is 11.2 Å². The molecule has 0 radical (unpaired) electrons. The van der Waals surface area contributed by atoms with Gasteiger partial charge in [-0.15, -0.1) is 0 Å². The third-order valence-electron chi connectivity index (χ3n) is 3.43. The number of aromatic nitrogens is 2. The molecule has 7 heteroatoms. The van der Waals surface area contributed by atoms with Gasteiger partial charge in [0.2, 0.25) is 17.6 Å². The topological polar surface area (TPSA) is 92.3 Å². The van der Waals surface area contributed by atoms with Gasteiger partial charge in [-0.1, -0.05) is 5.16 Å². The minimum absolute atomic E-state index is 0.0499. The SMILES string of the molecule is CCOc1ccc(-c2noc(CCC(=O)N(C)CCC#N)n2)cc1. The number of benzene rings is 1. The van der Waals surface area contributed by atoms with Crippen LogP contribution in [0.3, 0.4) is 0 Å². The van der Waals surface area contributed by atoms with Gasteiger partial charge < -0.3 is 14.2 Å². The second-order valence-corrected chi connectivity index (χ2v) is 5.19. The van der Waals surface area contributed by atoms with Crippen molar-refractivity contribution in [3.8, 4) is 23.2 Å². The molecule has 126 valence electrons. The number of rotatable bonds is 8. The predicted molar refractivity (Wildman–Crippen MR) is 87.1 cm³/mol. The zero-order valence-electron chi connectivity index (χ0n) is 13.9. The van der Waals surface area contributed by atoms with Gasteiger partial charge >= 0.3 is 0 Å². The van der Waals surface area contributed by atoms with Gasteiger partial charge in [-0.25, -0.2) is 0 Å². The molecule has 2 rings (SSSR count). The Hall–Kier alpha value is -2.88. The lowest BCUT2D eigenvalue weighted by atomic mass is 10.2. The van der Waals surface area contributed by atoms with Crippen molar-refractivity contribution in [2.45, 2.75) is 26.2 Å². The van der Waals surface area contributed by atoms with Gasteiger partial charge in [-0.05, 0) is 31.2 Å². The molecule has 0 unspecified atom stereocenters. The molecule has 0 saturated carbocycles. The molecule has 24 heavy (non-hydrogen) atoms. The van der Waals surface area contributed by atoms with E-state index in [4.69, 9.17) is 14.5 Å². The average Bonchev–Trinajstić information content (AvgIpc) is 3.07. The quantitative estimate of drug-likeness (QED) is 0.739. The Morgan fingerprint density at radius 2 is 2.12 bits per heavy atom. The van der Waals surface area contributed by atoms with Crippen LogP contribution in [0.25, 0.3) is 11.4 Å². The number of amides is 1. The van der Waals surface area contributed by atoms with Gasteiger partial charge in [-0.2, -0.15) is 10.2 Å². The zero-order valence-corrected chi connectivity index (χ0v) is 13.9. The Kier molecular flexibility index (Phi) is 6.32. The maximum absolute atomic E-state index is 11.9. The first kappa shape index (κ1) is 17.5. The molecule has 7 nitrogen and oxygen atoms in total. The van der Waals surface area contributed by atoms with Gasteiger partial charge in [0.15, 0.2) is 0 Å². The normalized spacial score (nSPS) is 10.2. The van der Waals surface area contributed by atoms with Crippen LogP contribution in [0.15, 0.2) is 28.8 Å². The highest BCUT2D eigenvalue weighted by Crippen LogP contribution is 2.20. The summed E-state index contributed by atoms with van der Waals surface area (Å²) in [6.07, 6.45) is 0.970. The number of hydrogen-bond acceptors (Lipinski definition) is 6. The number of ether oxygens (including phenoxy) is 1. The summed E-state index contributed by atoms with van der Waals surface area (Å²) in [4.78, 5) is 17.8. The van der Waals surface area contributed by atoms with Crippen LogP contribution >= 0.6 is 0 Å². The van der Waals surface area contributed by atoms with E-state index in [1.165, 1.54) is 4.90 Å². The molecule has 0 N–H and O–H groups in total. The highest BCUT2D eigenvalue weighted by Gasteiger charge is 2.13. The summed E-state index contributed by atoms with van der Waals surface area (Å²) >= 11 is 0. The number of hydrogen-bond donors (Lipinski definition) is 0. The molecule has 1 aromatic heterocycles. The molecule has 0 aliphatic rings. The molecule has 0 fully saturated rings. The second kappa shape index (κ2) is 8.67. The Morgan fingerprint density at radius 1 is 1.38 bits per heavy atom. The molecule has 1 amide bonds. The monoisotopic (exact) mass is 328 g/mol. The van der Waals surface area contributed by atoms with E-state index in [9.17, 15) is 4.79 Å². The van der Waals surface area contributed by atoms with Crippen molar-refractivity contribution >= 4 is 5.91 Å². The summed E-state index contributed by atoms with van der Waals surface area (Å²) in [5, 5.41) is 12.5. The van der Waals surface area contributed by atoms with Gasteiger partial charge in [0.1, 0.15) is 5.75 Å². The standard InChI is InChI=1S/C17H20N4O3/c1-3-23-14-7-5-13(6-8-14)17-19-15(24-20-17)9-10-16(22)21(2)12-4-11-18/h5-8H,3-4,9-10,12H2,1-2H3. The number of nitriles is 1. The van der Waals surface area contributed by atoms with Crippen molar-refractivity contribution in [1.29, 1.82) is 5.26 Å². The van der Waals surface area contributed by atoms with Gasteiger partial charge in [0.05, 0.1) is 19.1 Å². The second-order valence-electron chi connectivity index (χ2n) is 5.19. The summed E-state index contributed by atoms with van der Waals surface area (Å²) in [5.41, 5.74) is 0.825. The van der Waals surface area contributed by atoms with E-state index < -0.39 is 0 Å². The molecule has 0 atom stereocenters. The molecular formula is C17H20N4O3. The molecule has 0 saturated heterocycles. The maximum Gasteiger partial charge on any atom is 0.227 e. The van der Waals surface area contributed by atoms with Crippen LogP contribution in [0.4, 0.5) is 0 Å². The first-order valence-corrected chi connectivity index (χ1v) is 7.80. The summed E-state index contributed by atoms with van der Waals surface area (Å²) in [6.45, 7) is 2.97. The molecule has 0 aliphatic heterocycles. The minimum Gasteiger partial charge on any atom is -0.494 e. The number of nitrogens with zero attached hydrogens (tertiary/aromatic N) is 4. The summed E-state index contributed by atoms with van der Waals surface area (Å²) in [5.74, 6) is 1.64. The van der Waals surface area contributed by atoms with Crippen LogP contribution < -0.4 is 4.74 Å². The molecule has 1 heterocycles. The van der Waals surface area contributed by atoms with Crippen molar-refractivity contribution in [2.75, 3.05) is 20.2 Å². The fraction of sp³-hybridized carbons (Fsp3) is 0.412. The fourth-order valence-electron chi connectivity index (χ4n) is 2.09. The molecule has 0 spiro atoms. The number of carbonyl (C=O) groups excluding carboxylic acids is 1. The van der Waals surface area contributed by atoms with Crippen molar-refractivity contribution in [3.63, 3.8) is 0 Å². The van der Waals surface area contributed by atoms with Gasteiger partial charge in [0, 0.05) is 32.0 Å². The van der Waals surface area contributed by atoms with E-state index in [0.717, 1.165) is 11.3 Å². The third kappa shape index (κ3) is 4.81. The summed E-state index contributed by atoms with van der Waals surface area (Å²) in [7, 11) is 1.68. The molecular weight excluding hydrogens is 308 g/mol. The lowest BCUT2D eigenvalue weighted by molar-refractivity contribution is -0.129. The van der Waals surface area contributed by atoms with E-state index in [2.05, 4.69) is 10.1 Å². The smallest absolute Gasteiger partial charge is 0.227 e. The third-order valence-corrected chi connectivity index (χ3v) is 3.43. The van der Waals surface area contributed by atoms with Crippen molar-refractivity contribution in [3.05, 3.63) is 30.2 Å². The van der Waals surface area contributed by atoms with E-state index in [-0.39, 0.29) is 12.3 Å². The Bertz CT molecular complexity index is 703. The molecule has 0 aliphatic carbocycles. The van der Waals surface area contributed by atoms with Crippen molar-refractivity contribution in [1.82, 2.24) is 15.0 Å². The van der Waals surface area contributed by atoms with Crippen molar-refractivity contribution < 1.29 is 14.1 Å². The van der Waals surface area contributed by atoms with E-state index in [0.29, 0.717) is 37.7 Å². The van der Waals surface area contributed by atoms with Crippen LogP contribution in [0.5, 0.6) is 5.75 Å². The zero-order chi connectivity index (χ0) is 17.4. The van der Waals surface area contributed by atoms with Gasteiger partial charge in [0.25, 0.3) is 0 Å². The van der Waals surface area contributed by atoms with Crippen LogP contribution in [-0.4, -0.2) is 41.1 Å². The summed E-state index contributed by atoms with van der Waals surface area (Å²) < 4.78 is 10.6. The number of carbonyl (C=O) groups is 1. The van der Waals surface area contributed by atoms with Crippen molar-refractivity contribution in [2.24, 2.45) is 0 Å². The minimum atomic E-state index is -0.0499. The first-order valence-electron chi connectivity index (χ1n) is 7.80. The highest BCUT2D eigenvalue weighted by atomic mass is 16.5. The van der Waals surface area contributed by atoms with Crippen LogP contribution in [0.2, 0.25) is 0 Å². The van der Waals surface area contributed by atoms with E-state index in [1.54, 1.807) is 7.05 Å². The summed E-state index contributed by atoms with van der Waals surface area (Å²) in [6, 6.07) is 9.44. The first-order chi connectivity index (χ1) is 11.6. The van der Waals surface area contributed by atoms with E-state index >= 15 is 0 Å². The van der Waals surface area contributed by atoms with E-state index in [1.807, 2.05) is 37.3 Å². The fourth-order valence-corrected chi connectivity index (χ4v) is 2.09. The molecule has 0 bridgehead atoms. The Labute approximate surface area is 140 Å². The number of aryl methyl sites for hydroxylation is 1. The average molecular weight is 328 g/mol. The lowest BCUT2D eigenvalue weighted by Crippen LogP contribution is -2.27. The largest absolute Gasteiger partial charge is 0.494 e. The highest BCUT2D eigenvalue weighted by molar-refractivity contribution is 5.76. The predicted octanol–water partition coefficient (Wildman–Crippen LogP) is 2.44. The maximum atomic E-state index is 11.9. The Balaban J connectivity index is 1.91. The lowest BCUT2D eigenvalue weighted by Gasteiger charge is -2.14.